The molecule has 0 spiro atoms. The standard InChI is InChI=1S/C14H18N2/c1-14(2,3)13(15)11-8-9-16-12-7-5-4-6-10(11)12/h4-9,13H,15H2,1-3H3. The number of hydrogen-bond acceptors (Lipinski definition) is 2. The van der Waals surface area contributed by atoms with Gasteiger partial charge in [0.05, 0.1) is 5.52 Å². The van der Waals surface area contributed by atoms with Gasteiger partial charge in [-0.25, -0.2) is 0 Å². The second kappa shape index (κ2) is 3.87. The second-order valence-electron chi connectivity index (χ2n) is 5.26. The molecule has 2 heteroatoms. The zero-order chi connectivity index (χ0) is 11.8. The van der Waals surface area contributed by atoms with Crippen LogP contribution >= 0.6 is 0 Å². The molecule has 0 saturated heterocycles. The van der Waals surface area contributed by atoms with Gasteiger partial charge in [0.2, 0.25) is 0 Å². The maximum atomic E-state index is 6.31. The van der Waals surface area contributed by atoms with Gasteiger partial charge in [-0.3, -0.25) is 4.98 Å². The van der Waals surface area contributed by atoms with Crippen molar-refractivity contribution in [2.75, 3.05) is 0 Å². The Morgan fingerprint density at radius 2 is 1.81 bits per heavy atom. The highest BCUT2D eigenvalue weighted by atomic mass is 14.7. The normalized spacial score (nSPS) is 14.0. The first-order valence-corrected chi connectivity index (χ1v) is 5.59. The van der Waals surface area contributed by atoms with Gasteiger partial charge in [0.25, 0.3) is 0 Å². The van der Waals surface area contributed by atoms with Gasteiger partial charge in [-0.15, -0.1) is 0 Å². The molecule has 0 aliphatic carbocycles. The van der Waals surface area contributed by atoms with E-state index in [1.807, 2.05) is 30.5 Å². The van der Waals surface area contributed by atoms with E-state index < -0.39 is 0 Å². The number of hydrogen-bond donors (Lipinski definition) is 1. The van der Waals surface area contributed by atoms with Gasteiger partial charge in [-0.2, -0.15) is 0 Å². The topological polar surface area (TPSA) is 38.9 Å². The molecule has 1 aromatic heterocycles. The lowest BCUT2D eigenvalue weighted by molar-refractivity contribution is 0.328. The Kier molecular flexibility index (Phi) is 2.68. The van der Waals surface area contributed by atoms with E-state index in [1.165, 1.54) is 5.56 Å². The van der Waals surface area contributed by atoms with Crippen molar-refractivity contribution in [1.82, 2.24) is 4.98 Å². The summed E-state index contributed by atoms with van der Waals surface area (Å²) >= 11 is 0. The van der Waals surface area contributed by atoms with Gasteiger partial charge in [-0.1, -0.05) is 39.0 Å². The van der Waals surface area contributed by atoms with Gasteiger partial charge in [0, 0.05) is 17.6 Å². The number of para-hydroxylation sites is 1. The average molecular weight is 214 g/mol. The number of nitrogens with two attached hydrogens (primary N) is 1. The summed E-state index contributed by atoms with van der Waals surface area (Å²) in [5, 5.41) is 1.16. The third kappa shape index (κ3) is 1.93. The van der Waals surface area contributed by atoms with Crippen molar-refractivity contribution in [3.8, 4) is 0 Å². The van der Waals surface area contributed by atoms with Crippen molar-refractivity contribution < 1.29 is 0 Å². The quantitative estimate of drug-likeness (QED) is 0.791. The van der Waals surface area contributed by atoms with Crippen LogP contribution in [-0.4, -0.2) is 4.98 Å². The van der Waals surface area contributed by atoms with E-state index in [-0.39, 0.29) is 11.5 Å². The SMILES string of the molecule is CC(C)(C)C(N)c1ccnc2ccccc12. The lowest BCUT2D eigenvalue weighted by atomic mass is 9.82. The molecule has 0 bridgehead atoms. The van der Waals surface area contributed by atoms with Crippen molar-refractivity contribution in [3.63, 3.8) is 0 Å². The highest BCUT2D eigenvalue weighted by Crippen LogP contribution is 2.33. The summed E-state index contributed by atoms with van der Waals surface area (Å²) in [5.41, 5.74) is 8.56. The molecule has 2 nitrogen and oxygen atoms in total. The highest BCUT2D eigenvalue weighted by molar-refractivity contribution is 5.82. The van der Waals surface area contributed by atoms with Crippen LogP contribution in [0.25, 0.3) is 10.9 Å². The van der Waals surface area contributed by atoms with Gasteiger partial charge in [0.1, 0.15) is 0 Å². The smallest absolute Gasteiger partial charge is 0.0705 e. The summed E-state index contributed by atoms with van der Waals surface area (Å²) in [7, 11) is 0. The minimum Gasteiger partial charge on any atom is -0.323 e. The summed E-state index contributed by atoms with van der Waals surface area (Å²) < 4.78 is 0. The molecule has 1 unspecified atom stereocenters. The molecular formula is C14H18N2. The first kappa shape index (κ1) is 11.1. The number of fused-ring (bicyclic) bond motifs is 1. The monoisotopic (exact) mass is 214 g/mol. The summed E-state index contributed by atoms with van der Waals surface area (Å²) in [6, 6.07) is 10.2. The molecular weight excluding hydrogens is 196 g/mol. The third-order valence-corrected chi connectivity index (χ3v) is 2.95. The molecule has 0 aliphatic heterocycles. The fraction of sp³-hybridized carbons (Fsp3) is 0.357. The van der Waals surface area contributed by atoms with E-state index in [0.29, 0.717) is 0 Å². The summed E-state index contributed by atoms with van der Waals surface area (Å²) in [4.78, 5) is 4.35. The van der Waals surface area contributed by atoms with Crippen LogP contribution < -0.4 is 5.73 Å². The van der Waals surface area contributed by atoms with Crippen LogP contribution in [0.4, 0.5) is 0 Å². The number of pyridine rings is 1. The van der Waals surface area contributed by atoms with Gasteiger partial charge >= 0.3 is 0 Å². The van der Waals surface area contributed by atoms with Crippen molar-refractivity contribution >= 4 is 10.9 Å². The van der Waals surface area contributed by atoms with Crippen LogP contribution in [0.15, 0.2) is 36.5 Å². The molecule has 0 amide bonds. The molecule has 0 saturated carbocycles. The van der Waals surface area contributed by atoms with E-state index in [4.69, 9.17) is 5.73 Å². The van der Waals surface area contributed by atoms with Gasteiger partial charge in [-0.05, 0) is 23.1 Å². The molecule has 2 aromatic rings. The summed E-state index contributed by atoms with van der Waals surface area (Å²) in [6.07, 6.45) is 1.84. The number of benzene rings is 1. The molecule has 0 aliphatic rings. The van der Waals surface area contributed by atoms with Crippen molar-refractivity contribution in [3.05, 3.63) is 42.1 Å². The van der Waals surface area contributed by atoms with E-state index in [0.717, 1.165) is 10.9 Å². The Morgan fingerprint density at radius 3 is 2.50 bits per heavy atom. The number of aromatic nitrogens is 1. The molecule has 0 radical (unpaired) electrons. The summed E-state index contributed by atoms with van der Waals surface area (Å²) in [6.45, 7) is 6.48. The lowest BCUT2D eigenvalue weighted by Gasteiger charge is -2.28. The predicted molar refractivity (Wildman–Crippen MR) is 68.1 cm³/mol. The van der Waals surface area contributed by atoms with E-state index in [1.54, 1.807) is 0 Å². The zero-order valence-electron chi connectivity index (χ0n) is 10.1. The minimum atomic E-state index is 0.0281. The van der Waals surface area contributed by atoms with Crippen LogP contribution in [-0.2, 0) is 0 Å². The first-order chi connectivity index (χ1) is 7.50. The van der Waals surface area contributed by atoms with E-state index >= 15 is 0 Å². The van der Waals surface area contributed by atoms with Crippen LogP contribution in [0, 0.1) is 5.41 Å². The van der Waals surface area contributed by atoms with Crippen molar-refractivity contribution in [1.29, 1.82) is 0 Å². The van der Waals surface area contributed by atoms with Gasteiger partial charge < -0.3 is 5.73 Å². The van der Waals surface area contributed by atoms with Crippen LogP contribution in [0.2, 0.25) is 0 Å². The molecule has 0 fully saturated rings. The van der Waals surface area contributed by atoms with Crippen LogP contribution in [0.1, 0.15) is 32.4 Å². The van der Waals surface area contributed by atoms with E-state index in [2.05, 4.69) is 31.8 Å². The van der Waals surface area contributed by atoms with Crippen LogP contribution in [0.3, 0.4) is 0 Å². The Labute approximate surface area is 96.5 Å². The molecule has 1 heterocycles. The molecule has 2 N–H and O–H groups in total. The largest absolute Gasteiger partial charge is 0.323 e. The third-order valence-electron chi connectivity index (χ3n) is 2.95. The fourth-order valence-electron chi connectivity index (χ4n) is 1.86. The Balaban J connectivity index is 2.61. The predicted octanol–water partition coefficient (Wildman–Crippen LogP) is 3.28. The van der Waals surface area contributed by atoms with Crippen LogP contribution in [0.5, 0.6) is 0 Å². The summed E-state index contributed by atoms with van der Waals surface area (Å²) in [5.74, 6) is 0. The second-order valence-corrected chi connectivity index (χ2v) is 5.26. The molecule has 16 heavy (non-hydrogen) atoms. The zero-order valence-corrected chi connectivity index (χ0v) is 10.1. The maximum absolute atomic E-state index is 6.31. The average Bonchev–Trinajstić information content (AvgIpc) is 2.26. The number of rotatable bonds is 1. The minimum absolute atomic E-state index is 0.0281. The lowest BCUT2D eigenvalue weighted by Crippen LogP contribution is -2.26. The van der Waals surface area contributed by atoms with Crippen molar-refractivity contribution in [2.24, 2.45) is 11.1 Å². The first-order valence-electron chi connectivity index (χ1n) is 5.59. The highest BCUT2D eigenvalue weighted by Gasteiger charge is 2.23. The molecule has 1 aromatic carbocycles. The van der Waals surface area contributed by atoms with Gasteiger partial charge in [0.15, 0.2) is 0 Å². The molecule has 84 valence electrons. The fourth-order valence-corrected chi connectivity index (χ4v) is 1.86. The number of nitrogens with zero attached hydrogens (tertiary/aromatic N) is 1. The Morgan fingerprint density at radius 1 is 1.12 bits per heavy atom. The maximum Gasteiger partial charge on any atom is 0.0705 e. The Hall–Kier alpha value is -1.41. The molecule has 1 atom stereocenters. The van der Waals surface area contributed by atoms with E-state index in [9.17, 15) is 0 Å². The Bertz CT molecular complexity index is 492. The molecule has 2 rings (SSSR count). The van der Waals surface area contributed by atoms with Crippen molar-refractivity contribution in [2.45, 2.75) is 26.8 Å².